The Bertz CT molecular complexity index is 1010. The molecular formula is C25H28N2O4. The van der Waals surface area contributed by atoms with Crippen molar-refractivity contribution in [1.29, 1.82) is 0 Å². The highest BCUT2D eigenvalue weighted by atomic mass is 16.5. The summed E-state index contributed by atoms with van der Waals surface area (Å²) >= 11 is 0. The van der Waals surface area contributed by atoms with E-state index in [9.17, 15) is 9.59 Å². The normalized spacial score (nSPS) is 11.7. The molecule has 1 N–H and O–H groups in total. The lowest BCUT2D eigenvalue weighted by Gasteiger charge is -2.14. The molecule has 2 aromatic carbocycles. The molecule has 0 fully saturated rings. The standard InChI is InChI=1S/C25H28N2O4/c1-4-19-7-11-20(12-8-19)18(3)27-23(28)16-30-25(29)14-13-24-26-15-22(31-24)21-9-5-17(2)6-10-21/h5-12,15,18H,4,13-14,16H2,1-3H3,(H,27,28). The molecule has 1 amide bonds. The van der Waals surface area contributed by atoms with Gasteiger partial charge in [0.2, 0.25) is 0 Å². The number of benzene rings is 2. The van der Waals surface area contributed by atoms with Crippen molar-refractivity contribution >= 4 is 11.9 Å². The molecule has 6 nitrogen and oxygen atoms in total. The topological polar surface area (TPSA) is 81.4 Å². The molecule has 0 saturated heterocycles. The molecule has 6 heteroatoms. The maximum absolute atomic E-state index is 12.1. The third kappa shape index (κ3) is 6.54. The first kappa shape index (κ1) is 22.3. The van der Waals surface area contributed by atoms with E-state index in [0.717, 1.165) is 17.5 Å². The van der Waals surface area contributed by atoms with Crippen molar-refractivity contribution in [2.45, 2.75) is 46.1 Å². The summed E-state index contributed by atoms with van der Waals surface area (Å²) < 4.78 is 10.8. The molecule has 0 radical (unpaired) electrons. The second-order valence-corrected chi connectivity index (χ2v) is 7.53. The van der Waals surface area contributed by atoms with Crippen molar-refractivity contribution in [1.82, 2.24) is 10.3 Å². The van der Waals surface area contributed by atoms with E-state index in [-0.39, 0.29) is 25.0 Å². The van der Waals surface area contributed by atoms with E-state index in [1.807, 2.05) is 62.4 Å². The fourth-order valence-corrected chi connectivity index (χ4v) is 3.11. The van der Waals surface area contributed by atoms with Crippen LogP contribution in [0.5, 0.6) is 0 Å². The highest BCUT2D eigenvalue weighted by Crippen LogP contribution is 2.21. The van der Waals surface area contributed by atoms with Gasteiger partial charge in [-0.25, -0.2) is 4.98 Å². The van der Waals surface area contributed by atoms with Gasteiger partial charge < -0.3 is 14.5 Å². The van der Waals surface area contributed by atoms with E-state index < -0.39 is 5.97 Å². The van der Waals surface area contributed by atoms with Crippen LogP contribution in [0.1, 0.15) is 48.9 Å². The first-order valence-corrected chi connectivity index (χ1v) is 10.5. The van der Waals surface area contributed by atoms with E-state index in [1.54, 1.807) is 6.20 Å². The Morgan fingerprint density at radius 2 is 1.81 bits per heavy atom. The molecule has 0 aliphatic rings. The van der Waals surface area contributed by atoms with E-state index in [2.05, 4.69) is 17.2 Å². The van der Waals surface area contributed by atoms with Gasteiger partial charge in [0.1, 0.15) is 0 Å². The smallest absolute Gasteiger partial charge is 0.306 e. The molecule has 0 aliphatic heterocycles. The third-order valence-electron chi connectivity index (χ3n) is 5.06. The number of esters is 1. The molecule has 3 rings (SSSR count). The van der Waals surface area contributed by atoms with Gasteiger partial charge in [0.25, 0.3) is 5.91 Å². The van der Waals surface area contributed by atoms with E-state index >= 15 is 0 Å². The van der Waals surface area contributed by atoms with Crippen molar-refractivity contribution in [2.75, 3.05) is 6.61 Å². The van der Waals surface area contributed by atoms with Gasteiger partial charge in [-0.15, -0.1) is 0 Å². The monoisotopic (exact) mass is 420 g/mol. The predicted molar refractivity (Wildman–Crippen MR) is 118 cm³/mol. The maximum Gasteiger partial charge on any atom is 0.306 e. The number of carbonyl (C=O) groups excluding carboxylic acids is 2. The van der Waals surface area contributed by atoms with Gasteiger partial charge in [-0.3, -0.25) is 9.59 Å². The first-order chi connectivity index (χ1) is 14.9. The van der Waals surface area contributed by atoms with Crippen LogP contribution in [0, 0.1) is 6.92 Å². The van der Waals surface area contributed by atoms with Crippen LogP contribution in [0.4, 0.5) is 0 Å². The number of hydrogen-bond acceptors (Lipinski definition) is 5. The number of nitrogens with one attached hydrogen (secondary N) is 1. The fourth-order valence-electron chi connectivity index (χ4n) is 3.11. The Morgan fingerprint density at radius 3 is 2.48 bits per heavy atom. The van der Waals surface area contributed by atoms with Crippen LogP contribution in [-0.2, 0) is 27.2 Å². The van der Waals surface area contributed by atoms with E-state index in [1.165, 1.54) is 11.1 Å². The predicted octanol–water partition coefficient (Wildman–Crippen LogP) is 4.57. The zero-order valence-corrected chi connectivity index (χ0v) is 18.2. The van der Waals surface area contributed by atoms with Crippen LogP contribution in [0.2, 0.25) is 0 Å². The second kappa shape index (κ2) is 10.6. The zero-order valence-electron chi connectivity index (χ0n) is 18.2. The van der Waals surface area contributed by atoms with Gasteiger partial charge in [-0.2, -0.15) is 0 Å². The van der Waals surface area contributed by atoms with Crippen molar-refractivity contribution in [2.24, 2.45) is 0 Å². The summed E-state index contributed by atoms with van der Waals surface area (Å²) in [5.74, 6) is 0.313. The minimum atomic E-state index is -0.467. The Kier molecular flexibility index (Phi) is 7.60. The molecule has 1 unspecified atom stereocenters. The molecule has 1 aromatic heterocycles. The van der Waals surface area contributed by atoms with Crippen LogP contribution >= 0.6 is 0 Å². The lowest BCUT2D eigenvalue weighted by Crippen LogP contribution is -2.31. The summed E-state index contributed by atoms with van der Waals surface area (Å²) in [4.78, 5) is 28.3. The molecular weight excluding hydrogens is 392 g/mol. The van der Waals surface area contributed by atoms with Crippen LogP contribution in [0.15, 0.2) is 59.1 Å². The molecule has 3 aromatic rings. The Morgan fingerprint density at radius 1 is 1.10 bits per heavy atom. The number of ether oxygens (including phenoxy) is 1. The lowest BCUT2D eigenvalue weighted by atomic mass is 10.1. The largest absolute Gasteiger partial charge is 0.456 e. The number of carbonyl (C=O) groups is 2. The van der Waals surface area contributed by atoms with Crippen LogP contribution in [-0.4, -0.2) is 23.5 Å². The Labute approximate surface area is 182 Å². The summed E-state index contributed by atoms with van der Waals surface area (Å²) in [5.41, 5.74) is 4.35. The number of amides is 1. The quantitative estimate of drug-likeness (QED) is 0.513. The average Bonchev–Trinajstić information content (AvgIpc) is 3.26. The van der Waals surface area contributed by atoms with Gasteiger partial charge in [0.15, 0.2) is 18.3 Å². The van der Waals surface area contributed by atoms with Gasteiger partial charge in [0, 0.05) is 12.0 Å². The number of nitrogens with zero attached hydrogens (tertiary/aromatic N) is 1. The minimum absolute atomic E-state index is 0.0924. The van der Waals surface area contributed by atoms with Crippen molar-refractivity contribution < 1.29 is 18.7 Å². The lowest BCUT2D eigenvalue weighted by molar-refractivity contribution is -0.148. The molecule has 31 heavy (non-hydrogen) atoms. The number of oxazole rings is 1. The summed E-state index contributed by atoms with van der Waals surface area (Å²) in [6, 6.07) is 15.9. The van der Waals surface area contributed by atoms with Crippen molar-refractivity contribution in [3.05, 3.63) is 77.3 Å². The van der Waals surface area contributed by atoms with Crippen LogP contribution < -0.4 is 5.32 Å². The highest BCUT2D eigenvalue weighted by molar-refractivity contribution is 5.80. The second-order valence-electron chi connectivity index (χ2n) is 7.53. The molecule has 0 spiro atoms. The minimum Gasteiger partial charge on any atom is -0.456 e. The number of aromatic nitrogens is 1. The van der Waals surface area contributed by atoms with Crippen LogP contribution in [0.25, 0.3) is 11.3 Å². The van der Waals surface area contributed by atoms with E-state index in [4.69, 9.17) is 9.15 Å². The fraction of sp³-hybridized carbons (Fsp3) is 0.320. The summed E-state index contributed by atoms with van der Waals surface area (Å²) in [6.07, 6.45) is 3.02. The number of aryl methyl sites for hydroxylation is 3. The summed E-state index contributed by atoms with van der Waals surface area (Å²) in [5, 5.41) is 2.84. The molecule has 0 aliphatic carbocycles. The third-order valence-corrected chi connectivity index (χ3v) is 5.06. The molecule has 0 saturated carbocycles. The summed E-state index contributed by atoms with van der Waals surface area (Å²) in [7, 11) is 0. The maximum atomic E-state index is 12.1. The van der Waals surface area contributed by atoms with Gasteiger partial charge in [-0.05, 0) is 31.4 Å². The summed E-state index contributed by atoms with van der Waals surface area (Å²) in [6.45, 7) is 5.70. The zero-order chi connectivity index (χ0) is 22.2. The van der Waals surface area contributed by atoms with Crippen LogP contribution in [0.3, 0.4) is 0 Å². The van der Waals surface area contributed by atoms with Gasteiger partial charge in [0.05, 0.1) is 18.7 Å². The van der Waals surface area contributed by atoms with Gasteiger partial charge >= 0.3 is 5.97 Å². The highest BCUT2D eigenvalue weighted by Gasteiger charge is 2.13. The van der Waals surface area contributed by atoms with Gasteiger partial charge in [-0.1, -0.05) is 61.0 Å². The molecule has 162 valence electrons. The Balaban J connectivity index is 1.40. The molecule has 0 bridgehead atoms. The number of hydrogen-bond donors (Lipinski definition) is 1. The van der Waals surface area contributed by atoms with E-state index in [0.29, 0.717) is 18.1 Å². The average molecular weight is 421 g/mol. The van der Waals surface area contributed by atoms with Crippen molar-refractivity contribution in [3.8, 4) is 11.3 Å². The first-order valence-electron chi connectivity index (χ1n) is 10.5. The van der Waals surface area contributed by atoms with Crippen molar-refractivity contribution in [3.63, 3.8) is 0 Å². The Hall–Kier alpha value is -3.41. The SMILES string of the molecule is CCc1ccc(C(C)NC(=O)COC(=O)CCc2ncc(-c3ccc(C)cc3)o2)cc1. The number of rotatable bonds is 9. The molecule has 1 heterocycles. The molecule has 1 atom stereocenters.